The Morgan fingerprint density at radius 2 is 1.81 bits per heavy atom. The van der Waals surface area contributed by atoms with Crippen molar-refractivity contribution in [2.24, 2.45) is 0 Å². The van der Waals surface area contributed by atoms with Gasteiger partial charge in [0.1, 0.15) is 0 Å². The van der Waals surface area contributed by atoms with Crippen molar-refractivity contribution in [1.82, 2.24) is 0 Å². The minimum atomic E-state index is -0.809. The summed E-state index contributed by atoms with van der Waals surface area (Å²) in [5, 5.41) is 10.7. The minimum Gasteiger partial charge on any atom is -0.490 e. The number of ether oxygens (including phenoxy) is 3. The van der Waals surface area contributed by atoms with Crippen LogP contribution in [0.2, 0.25) is 0 Å². The number of ketones is 1. The molecule has 3 rings (SSSR count). The normalized spacial score (nSPS) is 12.8. The zero-order valence-electron chi connectivity index (χ0n) is 13.7. The van der Waals surface area contributed by atoms with Crippen LogP contribution in [0.25, 0.3) is 0 Å². The van der Waals surface area contributed by atoms with Gasteiger partial charge >= 0.3 is 5.97 Å². The summed E-state index contributed by atoms with van der Waals surface area (Å²) in [6.07, 6.45) is 0.749. The van der Waals surface area contributed by atoms with Crippen molar-refractivity contribution >= 4 is 17.4 Å². The van der Waals surface area contributed by atoms with E-state index in [1.165, 1.54) is 18.2 Å². The van der Waals surface area contributed by atoms with E-state index < -0.39 is 23.3 Å². The van der Waals surface area contributed by atoms with E-state index in [0.717, 1.165) is 12.5 Å². The van der Waals surface area contributed by atoms with Gasteiger partial charge in [-0.25, -0.2) is 4.79 Å². The van der Waals surface area contributed by atoms with E-state index in [2.05, 4.69) is 0 Å². The predicted octanol–water partition coefficient (Wildman–Crippen LogP) is 2.80. The lowest BCUT2D eigenvalue weighted by Crippen LogP contribution is -2.14. The topological polar surface area (TPSA) is 105 Å². The summed E-state index contributed by atoms with van der Waals surface area (Å²) in [6, 6.07) is 9.87. The number of non-ortho nitro benzene ring substituents is 1. The lowest BCUT2D eigenvalue weighted by atomic mass is 10.1. The molecule has 0 saturated carbocycles. The molecule has 0 unspecified atom stereocenters. The van der Waals surface area contributed by atoms with Crippen LogP contribution in [0.3, 0.4) is 0 Å². The van der Waals surface area contributed by atoms with E-state index >= 15 is 0 Å². The van der Waals surface area contributed by atoms with Gasteiger partial charge in [0.2, 0.25) is 0 Å². The molecule has 0 spiro atoms. The summed E-state index contributed by atoms with van der Waals surface area (Å²) in [7, 11) is 0. The molecular weight excluding hydrogens is 342 g/mol. The van der Waals surface area contributed by atoms with Crippen molar-refractivity contribution in [3.8, 4) is 11.5 Å². The Morgan fingerprint density at radius 3 is 2.58 bits per heavy atom. The summed E-state index contributed by atoms with van der Waals surface area (Å²) in [6.45, 7) is 0.550. The van der Waals surface area contributed by atoms with Crippen LogP contribution in [-0.2, 0) is 4.74 Å². The smallest absolute Gasteiger partial charge is 0.338 e. The summed E-state index contributed by atoms with van der Waals surface area (Å²) in [5.74, 6) is -0.193. The first-order valence-electron chi connectivity index (χ1n) is 7.89. The highest BCUT2D eigenvalue weighted by molar-refractivity contribution is 5.99. The first-order chi connectivity index (χ1) is 12.5. The van der Waals surface area contributed by atoms with Gasteiger partial charge in [0, 0.05) is 24.1 Å². The fourth-order valence-electron chi connectivity index (χ4n) is 2.38. The van der Waals surface area contributed by atoms with Crippen molar-refractivity contribution < 1.29 is 28.7 Å². The van der Waals surface area contributed by atoms with Crippen LogP contribution in [0, 0.1) is 10.1 Å². The van der Waals surface area contributed by atoms with Gasteiger partial charge < -0.3 is 14.2 Å². The molecule has 0 aliphatic carbocycles. The van der Waals surface area contributed by atoms with Crippen molar-refractivity contribution in [1.29, 1.82) is 0 Å². The predicted molar refractivity (Wildman–Crippen MR) is 89.8 cm³/mol. The molecule has 0 bridgehead atoms. The Labute approximate surface area is 148 Å². The fraction of sp³-hybridized carbons (Fsp3) is 0.222. The number of hydrogen-bond donors (Lipinski definition) is 0. The van der Waals surface area contributed by atoms with Crippen LogP contribution in [0.1, 0.15) is 27.1 Å². The zero-order valence-corrected chi connectivity index (χ0v) is 13.7. The molecule has 0 fully saturated rings. The van der Waals surface area contributed by atoms with E-state index in [-0.39, 0.29) is 11.3 Å². The summed E-state index contributed by atoms with van der Waals surface area (Å²) in [4.78, 5) is 34.4. The second kappa shape index (κ2) is 7.64. The average Bonchev–Trinajstić information content (AvgIpc) is 2.90. The first kappa shape index (κ1) is 17.4. The molecule has 1 heterocycles. The number of fused-ring (bicyclic) bond motifs is 1. The number of hydrogen-bond acceptors (Lipinski definition) is 7. The van der Waals surface area contributed by atoms with Gasteiger partial charge in [-0.2, -0.15) is 0 Å². The highest BCUT2D eigenvalue weighted by Crippen LogP contribution is 2.30. The molecule has 8 nitrogen and oxygen atoms in total. The van der Waals surface area contributed by atoms with Crippen LogP contribution < -0.4 is 9.47 Å². The van der Waals surface area contributed by atoms with Gasteiger partial charge in [-0.3, -0.25) is 14.9 Å². The largest absolute Gasteiger partial charge is 0.490 e. The molecular formula is C18H15NO7. The average molecular weight is 357 g/mol. The van der Waals surface area contributed by atoms with E-state index in [4.69, 9.17) is 14.2 Å². The van der Waals surface area contributed by atoms with E-state index in [1.807, 2.05) is 0 Å². The van der Waals surface area contributed by atoms with Gasteiger partial charge in [-0.15, -0.1) is 0 Å². The Bertz CT molecular complexity index is 862. The molecule has 0 radical (unpaired) electrons. The standard InChI is InChI=1S/C18H15NO7/c20-15(12-5-6-16-17(10-12)25-8-2-7-24-16)11-26-18(21)13-3-1-4-14(9-13)19(22)23/h1,3-6,9-10H,2,7-8,11H2. The van der Waals surface area contributed by atoms with Crippen LogP contribution in [0.4, 0.5) is 5.69 Å². The molecule has 134 valence electrons. The minimum absolute atomic E-state index is 0.00524. The van der Waals surface area contributed by atoms with Gasteiger partial charge in [0.05, 0.1) is 23.7 Å². The van der Waals surface area contributed by atoms with Gasteiger partial charge in [0.15, 0.2) is 23.9 Å². The molecule has 0 N–H and O–H groups in total. The van der Waals surface area contributed by atoms with Crippen LogP contribution in [0.15, 0.2) is 42.5 Å². The second-order valence-electron chi connectivity index (χ2n) is 5.52. The Kier molecular flexibility index (Phi) is 5.12. The third kappa shape index (κ3) is 3.97. The second-order valence-corrected chi connectivity index (χ2v) is 5.52. The highest BCUT2D eigenvalue weighted by Gasteiger charge is 2.17. The van der Waals surface area contributed by atoms with Crippen LogP contribution in [0.5, 0.6) is 11.5 Å². The molecule has 1 aliphatic heterocycles. The first-order valence-corrected chi connectivity index (χ1v) is 7.89. The fourth-order valence-corrected chi connectivity index (χ4v) is 2.38. The van der Waals surface area contributed by atoms with Crippen molar-refractivity contribution in [2.45, 2.75) is 6.42 Å². The maximum atomic E-state index is 12.2. The lowest BCUT2D eigenvalue weighted by molar-refractivity contribution is -0.384. The van der Waals surface area contributed by atoms with E-state index in [0.29, 0.717) is 30.3 Å². The number of rotatable bonds is 5. The SMILES string of the molecule is O=C(COC(=O)c1cccc([N+](=O)[O-])c1)c1ccc2c(c1)OCCCO2. The summed E-state index contributed by atoms with van der Waals surface area (Å²) in [5.41, 5.74) is 0.0976. The molecule has 0 atom stereocenters. The number of nitro benzene ring substituents is 1. The Balaban J connectivity index is 1.65. The molecule has 0 aromatic heterocycles. The van der Waals surface area contributed by atoms with Crippen LogP contribution >= 0.6 is 0 Å². The van der Waals surface area contributed by atoms with Crippen LogP contribution in [-0.4, -0.2) is 36.5 Å². The van der Waals surface area contributed by atoms with Crippen molar-refractivity contribution in [3.05, 3.63) is 63.7 Å². The van der Waals surface area contributed by atoms with Crippen molar-refractivity contribution in [3.63, 3.8) is 0 Å². The summed E-state index contributed by atoms with van der Waals surface area (Å²) >= 11 is 0. The number of carbonyl (C=O) groups is 2. The maximum absolute atomic E-state index is 12.2. The van der Waals surface area contributed by atoms with Gasteiger partial charge in [-0.05, 0) is 24.3 Å². The third-order valence-corrected chi connectivity index (χ3v) is 3.70. The zero-order chi connectivity index (χ0) is 18.5. The number of nitro groups is 1. The van der Waals surface area contributed by atoms with E-state index in [9.17, 15) is 19.7 Å². The lowest BCUT2D eigenvalue weighted by Gasteiger charge is -2.09. The van der Waals surface area contributed by atoms with Gasteiger partial charge in [-0.1, -0.05) is 6.07 Å². The molecule has 1 aliphatic rings. The summed E-state index contributed by atoms with van der Waals surface area (Å²) < 4.78 is 16.0. The number of nitrogens with zero attached hydrogens (tertiary/aromatic N) is 1. The Hall–Kier alpha value is -3.42. The number of carbonyl (C=O) groups excluding carboxylic acids is 2. The number of Topliss-reactive ketones (excluding diaryl/α,β-unsaturated/α-hetero) is 1. The molecule has 2 aromatic carbocycles. The number of esters is 1. The van der Waals surface area contributed by atoms with Crippen molar-refractivity contribution in [2.75, 3.05) is 19.8 Å². The highest BCUT2D eigenvalue weighted by atomic mass is 16.6. The molecule has 2 aromatic rings. The Morgan fingerprint density at radius 1 is 1.04 bits per heavy atom. The maximum Gasteiger partial charge on any atom is 0.338 e. The van der Waals surface area contributed by atoms with Gasteiger partial charge in [0.25, 0.3) is 5.69 Å². The monoisotopic (exact) mass is 357 g/mol. The molecule has 0 saturated heterocycles. The third-order valence-electron chi connectivity index (χ3n) is 3.70. The number of benzene rings is 2. The molecule has 0 amide bonds. The van der Waals surface area contributed by atoms with E-state index in [1.54, 1.807) is 18.2 Å². The molecule has 8 heteroatoms. The quantitative estimate of drug-likeness (QED) is 0.351. The molecule has 26 heavy (non-hydrogen) atoms.